The standard InChI is InChI=1S/2C5H4I.Ru/c2*6-5-3-1-2-4-5;/h2*1-4H;/q2*-1;+2. The first-order valence-corrected chi connectivity index (χ1v) is 5.69. The van der Waals surface area contributed by atoms with Crippen LogP contribution in [-0.2, 0) is 19.5 Å². The molecule has 0 fully saturated rings. The van der Waals surface area contributed by atoms with Gasteiger partial charge < -0.3 is 0 Å². The van der Waals surface area contributed by atoms with Gasteiger partial charge in [0.05, 0.1) is 0 Å². The first-order chi connectivity index (χ1) is 5.79. The predicted octanol–water partition coefficient (Wildman–Crippen LogP) is 4.02. The van der Waals surface area contributed by atoms with Gasteiger partial charge in [0, 0.05) is 0 Å². The van der Waals surface area contributed by atoms with Gasteiger partial charge in [-0.3, -0.25) is 0 Å². The van der Waals surface area contributed by atoms with Crippen molar-refractivity contribution >= 4 is 45.2 Å². The van der Waals surface area contributed by atoms with E-state index in [9.17, 15) is 0 Å². The molecule has 0 heterocycles. The van der Waals surface area contributed by atoms with Crippen molar-refractivity contribution in [2.24, 2.45) is 0 Å². The van der Waals surface area contributed by atoms with E-state index in [1.807, 2.05) is 24.3 Å². The van der Waals surface area contributed by atoms with Gasteiger partial charge in [-0.25, -0.2) is 24.3 Å². The molecule has 0 aliphatic heterocycles. The van der Waals surface area contributed by atoms with E-state index in [2.05, 4.69) is 69.4 Å². The molecule has 70 valence electrons. The number of halogens is 2. The molecule has 0 spiro atoms. The van der Waals surface area contributed by atoms with Crippen LogP contribution < -0.4 is 0 Å². The van der Waals surface area contributed by atoms with E-state index < -0.39 is 0 Å². The van der Waals surface area contributed by atoms with Crippen molar-refractivity contribution in [2.45, 2.75) is 0 Å². The van der Waals surface area contributed by atoms with Gasteiger partial charge >= 0.3 is 19.5 Å². The van der Waals surface area contributed by atoms with Crippen LogP contribution in [0.1, 0.15) is 0 Å². The maximum Gasteiger partial charge on any atom is 2.00 e. The van der Waals surface area contributed by atoms with Crippen LogP contribution in [0.3, 0.4) is 0 Å². The summed E-state index contributed by atoms with van der Waals surface area (Å²) in [6.45, 7) is 0. The molecule has 0 N–H and O–H groups in total. The second kappa shape index (κ2) is 8.12. The number of hydrogen-bond donors (Lipinski definition) is 0. The maximum atomic E-state index is 2.28. The normalized spacial score (nSPS) is 8.15. The zero-order valence-electron chi connectivity index (χ0n) is 6.73. The van der Waals surface area contributed by atoms with Crippen LogP contribution in [-0.4, -0.2) is 0 Å². The second-order valence-corrected chi connectivity index (χ2v) is 4.70. The molecule has 0 aliphatic carbocycles. The number of hydrogen-bond acceptors (Lipinski definition) is 0. The molecule has 0 unspecified atom stereocenters. The molecule has 2 aromatic rings. The first kappa shape index (κ1) is 13.8. The van der Waals surface area contributed by atoms with E-state index >= 15 is 0 Å². The third kappa shape index (κ3) is 6.80. The molecular weight excluding hydrogens is 475 g/mol. The van der Waals surface area contributed by atoms with Crippen molar-refractivity contribution in [3.63, 3.8) is 0 Å². The molecule has 0 aromatic heterocycles. The summed E-state index contributed by atoms with van der Waals surface area (Å²) in [5, 5.41) is 0. The van der Waals surface area contributed by atoms with E-state index in [-0.39, 0.29) is 19.5 Å². The molecule has 13 heavy (non-hydrogen) atoms. The van der Waals surface area contributed by atoms with Gasteiger partial charge in [0.2, 0.25) is 0 Å². The molecule has 0 saturated carbocycles. The summed E-state index contributed by atoms with van der Waals surface area (Å²) in [5.41, 5.74) is 0. The topological polar surface area (TPSA) is 0 Å². The third-order valence-electron chi connectivity index (χ3n) is 1.24. The van der Waals surface area contributed by atoms with Gasteiger partial charge in [-0.05, 0) is 0 Å². The molecule has 0 saturated heterocycles. The van der Waals surface area contributed by atoms with Crippen LogP contribution in [0.2, 0.25) is 0 Å². The Labute approximate surface area is 119 Å². The molecule has 0 radical (unpaired) electrons. The van der Waals surface area contributed by atoms with E-state index in [0.29, 0.717) is 0 Å². The average Bonchev–Trinajstić information content (AvgIpc) is 2.63. The zero-order valence-corrected chi connectivity index (χ0v) is 12.8. The summed E-state index contributed by atoms with van der Waals surface area (Å²) in [6.07, 6.45) is 0. The first-order valence-electron chi connectivity index (χ1n) is 3.53. The fourth-order valence-electron chi connectivity index (χ4n) is 0.701. The zero-order chi connectivity index (χ0) is 8.81. The van der Waals surface area contributed by atoms with Crippen LogP contribution in [0.4, 0.5) is 0 Å². The van der Waals surface area contributed by atoms with E-state index in [0.717, 1.165) is 0 Å². The van der Waals surface area contributed by atoms with E-state index in [1.165, 1.54) is 7.14 Å². The van der Waals surface area contributed by atoms with Crippen LogP contribution in [0.5, 0.6) is 0 Å². The van der Waals surface area contributed by atoms with Crippen molar-refractivity contribution in [3.8, 4) is 0 Å². The molecule has 0 atom stereocenters. The van der Waals surface area contributed by atoms with Crippen molar-refractivity contribution < 1.29 is 19.5 Å². The summed E-state index contributed by atoms with van der Waals surface area (Å²) in [6, 6.07) is 16.4. The van der Waals surface area contributed by atoms with Crippen molar-refractivity contribution in [3.05, 3.63) is 55.7 Å². The van der Waals surface area contributed by atoms with Crippen LogP contribution in [0.25, 0.3) is 0 Å². The summed E-state index contributed by atoms with van der Waals surface area (Å²) < 4.78 is 2.63. The average molecular weight is 483 g/mol. The summed E-state index contributed by atoms with van der Waals surface area (Å²) in [7, 11) is 0. The molecule has 0 amide bonds. The Hall–Kier alpha value is 0.783. The van der Waals surface area contributed by atoms with Crippen LogP contribution >= 0.6 is 45.2 Å². The van der Waals surface area contributed by atoms with Crippen LogP contribution in [0.15, 0.2) is 48.5 Å². The quantitative estimate of drug-likeness (QED) is 0.302. The predicted molar refractivity (Wildman–Crippen MR) is 69.5 cm³/mol. The maximum absolute atomic E-state index is 2.28. The minimum atomic E-state index is 0. The summed E-state index contributed by atoms with van der Waals surface area (Å²) in [5.74, 6) is 0. The van der Waals surface area contributed by atoms with E-state index in [4.69, 9.17) is 0 Å². The molecule has 3 heteroatoms. The minimum absolute atomic E-state index is 0. The monoisotopic (exact) mass is 484 g/mol. The van der Waals surface area contributed by atoms with Gasteiger partial charge in [-0.2, -0.15) is 24.3 Å². The smallest absolute Gasteiger partial charge is 0.213 e. The Morgan fingerprint density at radius 3 is 1.31 bits per heavy atom. The fraction of sp³-hybridized carbons (Fsp3) is 0. The Bertz CT molecular complexity index is 252. The van der Waals surface area contributed by atoms with Crippen molar-refractivity contribution in [1.82, 2.24) is 0 Å². The largest absolute Gasteiger partial charge is 2.00 e. The Balaban J connectivity index is 0.000000206. The summed E-state index contributed by atoms with van der Waals surface area (Å²) in [4.78, 5) is 0. The summed E-state index contributed by atoms with van der Waals surface area (Å²) >= 11 is 4.55. The van der Waals surface area contributed by atoms with E-state index in [1.54, 1.807) is 0 Å². The Kier molecular flexibility index (Phi) is 8.61. The van der Waals surface area contributed by atoms with Gasteiger partial charge in [0.15, 0.2) is 0 Å². The van der Waals surface area contributed by atoms with Crippen molar-refractivity contribution in [1.29, 1.82) is 0 Å². The SMILES string of the molecule is Ic1ccc[cH-]1.Ic1ccc[cH-]1.[Ru+2]. The van der Waals surface area contributed by atoms with Crippen molar-refractivity contribution in [2.75, 3.05) is 0 Å². The van der Waals surface area contributed by atoms with Crippen LogP contribution in [0, 0.1) is 7.14 Å². The van der Waals surface area contributed by atoms with Gasteiger partial charge in [-0.15, -0.1) is 7.14 Å². The molecular formula is C10H8I2Ru. The second-order valence-electron chi connectivity index (χ2n) is 2.21. The van der Waals surface area contributed by atoms with Gasteiger partial charge in [0.25, 0.3) is 0 Å². The Morgan fingerprint density at radius 2 is 1.23 bits per heavy atom. The third-order valence-corrected chi connectivity index (χ3v) is 2.68. The Morgan fingerprint density at radius 1 is 0.846 bits per heavy atom. The minimum Gasteiger partial charge on any atom is -0.213 e. The van der Waals surface area contributed by atoms with Gasteiger partial charge in [0.1, 0.15) is 0 Å². The molecule has 0 bridgehead atoms. The molecule has 0 nitrogen and oxygen atoms in total. The fourth-order valence-corrected chi connectivity index (χ4v) is 1.53. The molecule has 2 rings (SSSR count). The molecule has 0 aliphatic rings. The molecule has 2 aromatic carbocycles. The van der Waals surface area contributed by atoms with Gasteiger partial charge in [-0.1, -0.05) is 45.2 Å². The number of rotatable bonds is 0.